The third-order valence-electron chi connectivity index (χ3n) is 5.83. The number of thiazole rings is 1. The molecule has 11 heteroatoms. The Labute approximate surface area is 206 Å². The summed E-state index contributed by atoms with van der Waals surface area (Å²) in [4.78, 5) is 57.8. The van der Waals surface area contributed by atoms with E-state index in [0.717, 1.165) is 32.4 Å². The number of esters is 1. The molecule has 0 spiro atoms. The lowest BCUT2D eigenvalue weighted by Gasteiger charge is -2.25. The lowest BCUT2D eigenvalue weighted by Crippen LogP contribution is -2.42. The monoisotopic (exact) mass is 499 g/mol. The number of carbonyl (C=O) groups excluding carboxylic acids is 2. The standard InChI is InChI=1S/C24H29N5O5S/c1-4-34-22(32)16-8-10-17(11-9-16)25-18(30)14-28-20-19(21(31)29(15(2)3)24(28)33)35-23(26-20)27-12-6-5-7-13-27/h8-11,15H,4-7,12-14H2,1-3H3,(H,25,30). The molecule has 3 aromatic rings. The van der Waals surface area contributed by atoms with Crippen molar-refractivity contribution in [1.82, 2.24) is 14.1 Å². The smallest absolute Gasteiger partial charge is 0.338 e. The van der Waals surface area contributed by atoms with Gasteiger partial charge in [-0.15, -0.1) is 0 Å². The van der Waals surface area contributed by atoms with Crippen LogP contribution in [-0.4, -0.2) is 45.7 Å². The molecule has 0 unspecified atom stereocenters. The van der Waals surface area contributed by atoms with Gasteiger partial charge in [0, 0.05) is 24.8 Å². The van der Waals surface area contributed by atoms with Gasteiger partial charge in [-0.05, 0) is 64.3 Å². The summed E-state index contributed by atoms with van der Waals surface area (Å²) in [6, 6.07) is 5.93. The largest absolute Gasteiger partial charge is 0.462 e. The molecule has 1 fully saturated rings. The SMILES string of the molecule is CCOC(=O)c1ccc(NC(=O)Cn2c(=O)n(C(C)C)c(=O)c3sc(N4CCCCC4)nc32)cc1. The van der Waals surface area contributed by atoms with Gasteiger partial charge in [-0.1, -0.05) is 11.3 Å². The van der Waals surface area contributed by atoms with Crippen LogP contribution in [0.3, 0.4) is 0 Å². The third-order valence-corrected chi connectivity index (χ3v) is 6.92. The fourth-order valence-electron chi connectivity index (χ4n) is 4.11. The molecular weight excluding hydrogens is 470 g/mol. The molecule has 186 valence electrons. The van der Waals surface area contributed by atoms with Gasteiger partial charge in [0.15, 0.2) is 10.8 Å². The number of nitrogens with one attached hydrogen (secondary N) is 1. The van der Waals surface area contributed by atoms with Crippen molar-refractivity contribution < 1.29 is 14.3 Å². The Kier molecular flexibility index (Phi) is 7.34. The molecule has 0 aliphatic carbocycles. The minimum absolute atomic E-state index is 0.232. The van der Waals surface area contributed by atoms with Crippen LogP contribution in [0.15, 0.2) is 33.9 Å². The summed E-state index contributed by atoms with van der Waals surface area (Å²) in [6.45, 7) is 6.93. The van der Waals surface area contributed by atoms with Crippen molar-refractivity contribution in [2.24, 2.45) is 0 Å². The topological polar surface area (TPSA) is 116 Å². The number of hydrogen-bond acceptors (Lipinski definition) is 8. The zero-order valence-electron chi connectivity index (χ0n) is 20.1. The van der Waals surface area contributed by atoms with E-state index in [4.69, 9.17) is 4.74 Å². The van der Waals surface area contributed by atoms with E-state index < -0.39 is 17.6 Å². The van der Waals surface area contributed by atoms with E-state index in [9.17, 15) is 19.2 Å². The maximum atomic E-state index is 13.2. The second kappa shape index (κ2) is 10.4. The average Bonchev–Trinajstić information content (AvgIpc) is 3.29. The van der Waals surface area contributed by atoms with Crippen molar-refractivity contribution in [1.29, 1.82) is 0 Å². The minimum Gasteiger partial charge on any atom is -0.462 e. The van der Waals surface area contributed by atoms with Crippen LogP contribution in [0.4, 0.5) is 10.8 Å². The molecule has 0 bridgehead atoms. The van der Waals surface area contributed by atoms with Crippen LogP contribution in [0.5, 0.6) is 0 Å². The summed E-state index contributed by atoms with van der Waals surface area (Å²) >= 11 is 1.27. The number of carbonyl (C=O) groups is 2. The molecule has 0 saturated carbocycles. The maximum absolute atomic E-state index is 13.2. The Balaban J connectivity index is 1.65. The molecular formula is C24H29N5O5S. The first-order chi connectivity index (χ1) is 16.8. The first kappa shape index (κ1) is 24.6. The van der Waals surface area contributed by atoms with Crippen molar-refractivity contribution in [3.8, 4) is 0 Å². The molecule has 1 N–H and O–H groups in total. The Hall–Kier alpha value is -3.47. The number of amides is 1. The van der Waals surface area contributed by atoms with Gasteiger partial charge in [0.1, 0.15) is 11.2 Å². The molecule has 0 atom stereocenters. The number of anilines is 2. The van der Waals surface area contributed by atoms with Crippen molar-refractivity contribution >= 4 is 44.4 Å². The molecule has 0 radical (unpaired) electrons. The number of ether oxygens (including phenoxy) is 1. The van der Waals surface area contributed by atoms with E-state index in [1.165, 1.54) is 20.5 Å². The molecule has 1 aliphatic heterocycles. The summed E-state index contributed by atoms with van der Waals surface area (Å²) in [6.07, 6.45) is 3.26. The van der Waals surface area contributed by atoms with Crippen molar-refractivity contribution in [2.75, 3.05) is 29.9 Å². The molecule has 4 rings (SSSR count). The number of piperidine rings is 1. The number of fused-ring (bicyclic) bond motifs is 1. The second-order valence-electron chi connectivity index (χ2n) is 8.68. The quantitative estimate of drug-likeness (QED) is 0.497. The number of aromatic nitrogens is 3. The van der Waals surface area contributed by atoms with E-state index in [1.807, 2.05) is 0 Å². The van der Waals surface area contributed by atoms with Gasteiger partial charge in [-0.2, -0.15) is 0 Å². The van der Waals surface area contributed by atoms with Crippen LogP contribution in [-0.2, 0) is 16.1 Å². The number of hydrogen-bond donors (Lipinski definition) is 1. The van der Waals surface area contributed by atoms with Gasteiger partial charge in [-0.3, -0.25) is 18.7 Å². The summed E-state index contributed by atoms with van der Waals surface area (Å²) in [5.41, 5.74) is 0.124. The first-order valence-corrected chi connectivity index (χ1v) is 12.6. The maximum Gasteiger partial charge on any atom is 0.338 e. The van der Waals surface area contributed by atoms with Crippen LogP contribution < -0.4 is 21.5 Å². The Morgan fingerprint density at radius 3 is 2.43 bits per heavy atom. The Morgan fingerprint density at radius 1 is 1.11 bits per heavy atom. The minimum atomic E-state index is -0.569. The van der Waals surface area contributed by atoms with Gasteiger partial charge in [0.2, 0.25) is 5.91 Å². The molecule has 1 amide bonds. The van der Waals surface area contributed by atoms with Crippen LogP contribution >= 0.6 is 11.3 Å². The molecule has 1 saturated heterocycles. The van der Waals surface area contributed by atoms with Gasteiger partial charge >= 0.3 is 11.7 Å². The molecule has 10 nitrogen and oxygen atoms in total. The molecule has 1 aliphatic rings. The van der Waals surface area contributed by atoms with Crippen molar-refractivity contribution in [2.45, 2.75) is 52.6 Å². The summed E-state index contributed by atoms with van der Waals surface area (Å²) in [5.74, 6) is -0.887. The average molecular weight is 500 g/mol. The Bertz CT molecular complexity index is 1350. The highest BCUT2D eigenvalue weighted by atomic mass is 32.1. The van der Waals surface area contributed by atoms with Gasteiger partial charge in [0.25, 0.3) is 5.56 Å². The fourth-order valence-corrected chi connectivity index (χ4v) is 5.17. The predicted octanol–water partition coefficient (Wildman–Crippen LogP) is 3.01. The highest BCUT2D eigenvalue weighted by Gasteiger charge is 2.23. The highest BCUT2D eigenvalue weighted by molar-refractivity contribution is 7.22. The fraction of sp³-hybridized carbons (Fsp3) is 0.458. The molecule has 1 aromatic carbocycles. The van der Waals surface area contributed by atoms with Crippen LogP contribution in [0.1, 0.15) is 56.4 Å². The lowest BCUT2D eigenvalue weighted by molar-refractivity contribution is -0.116. The van der Waals surface area contributed by atoms with Gasteiger partial charge in [0.05, 0.1) is 12.2 Å². The predicted molar refractivity (Wildman–Crippen MR) is 136 cm³/mol. The molecule has 3 heterocycles. The summed E-state index contributed by atoms with van der Waals surface area (Å²) < 4.78 is 7.77. The number of nitrogens with zero attached hydrogens (tertiary/aromatic N) is 4. The molecule has 35 heavy (non-hydrogen) atoms. The highest BCUT2D eigenvalue weighted by Crippen LogP contribution is 2.28. The van der Waals surface area contributed by atoms with Crippen molar-refractivity contribution in [3.63, 3.8) is 0 Å². The van der Waals surface area contributed by atoms with Gasteiger partial charge < -0.3 is 15.0 Å². The van der Waals surface area contributed by atoms with Gasteiger partial charge in [-0.25, -0.2) is 14.6 Å². The molecule has 2 aromatic heterocycles. The zero-order chi connectivity index (χ0) is 25.1. The van der Waals surface area contributed by atoms with E-state index in [0.29, 0.717) is 21.1 Å². The number of rotatable bonds is 7. The third kappa shape index (κ3) is 5.14. The number of benzene rings is 1. The van der Waals surface area contributed by atoms with Crippen LogP contribution in [0.2, 0.25) is 0 Å². The van der Waals surface area contributed by atoms with Crippen molar-refractivity contribution in [3.05, 3.63) is 50.7 Å². The van der Waals surface area contributed by atoms with Crippen LogP contribution in [0.25, 0.3) is 10.3 Å². The summed E-state index contributed by atoms with van der Waals surface area (Å²) in [7, 11) is 0. The Morgan fingerprint density at radius 2 is 1.80 bits per heavy atom. The van der Waals surface area contributed by atoms with E-state index in [-0.39, 0.29) is 30.4 Å². The first-order valence-electron chi connectivity index (χ1n) is 11.8. The zero-order valence-corrected chi connectivity index (χ0v) is 20.9. The van der Waals surface area contributed by atoms with E-state index in [1.54, 1.807) is 45.0 Å². The summed E-state index contributed by atoms with van der Waals surface area (Å²) in [5, 5.41) is 3.44. The normalized spacial score (nSPS) is 13.9. The van der Waals surface area contributed by atoms with E-state index >= 15 is 0 Å². The van der Waals surface area contributed by atoms with Crippen LogP contribution in [0, 0.1) is 0 Å². The van der Waals surface area contributed by atoms with E-state index in [2.05, 4.69) is 15.2 Å². The second-order valence-corrected chi connectivity index (χ2v) is 9.66. The lowest BCUT2D eigenvalue weighted by atomic mass is 10.1.